The standard InChI is InChI=1S/C14H17F3N2O2/c1-9-10(15)8-18-12(11(9)13(20)21-2)19-6-3-4-14(16,17)5-7-19/h8H,3-7H2,1-2H3. The first kappa shape index (κ1) is 15.6. The van der Waals surface area contributed by atoms with E-state index in [1.54, 1.807) is 4.90 Å². The van der Waals surface area contributed by atoms with E-state index >= 15 is 0 Å². The number of hydrogen-bond acceptors (Lipinski definition) is 4. The van der Waals surface area contributed by atoms with E-state index in [9.17, 15) is 18.0 Å². The summed E-state index contributed by atoms with van der Waals surface area (Å²) in [5.41, 5.74) is 0.116. The highest BCUT2D eigenvalue weighted by Crippen LogP contribution is 2.31. The number of carbonyl (C=O) groups excluding carboxylic acids is 1. The zero-order valence-electron chi connectivity index (χ0n) is 12.0. The SMILES string of the molecule is COC(=O)c1c(N2CCCC(F)(F)CC2)ncc(F)c1C. The molecule has 116 valence electrons. The highest BCUT2D eigenvalue weighted by Gasteiger charge is 2.33. The first-order valence-electron chi connectivity index (χ1n) is 6.72. The van der Waals surface area contributed by atoms with Gasteiger partial charge in [0.2, 0.25) is 5.92 Å². The molecule has 1 aliphatic rings. The van der Waals surface area contributed by atoms with Crippen LogP contribution in [0.2, 0.25) is 0 Å². The van der Waals surface area contributed by atoms with Crippen LogP contribution in [0.3, 0.4) is 0 Å². The number of hydrogen-bond donors (Lipinski definition) is 0. The van der Waals surface area contributed by atoms with Gasteiger partial charge in [-0.1, -0.05) is 0 Å². The molecule has 1 aromatic heterocycles. The highest BCUT2D eigenvalue weighted by molar-refractivity contribution is 5.96. The van der Waals surface area contributed by atoms with Gasteiger partial charge >= 0.3 is 5.97 Å². The van der Waals surface area contributed by atoms with E-state index in [1.807, 2.05) is 0 Å². The number of rotatable bonds is 2. The van der Waals surface area contributed by atoms with Crippen LogP contribution in [0.5, 0.6) is 0 Å². The minimum absolute atomic E-state index is 0.00252. The van der Waals surface area contributed by atoms with E-state index in [0.717, 1.165) is 6.20 Å². The smallest absolute Gasteiger partial charge is 0.342 e. The minimum Gasteiger partial charge on any atom is -0.465 e. The number of aromatic nitrogens is 1. The van der Waals surface area contributed by atoms with Gasteiger partial charge in [-0.25, -0.2) is 22.9 Å². The van der Waals surface area contributed by atoms with Crippen LogP contribution < -0.4 is 4.90 Å². The van der Waals surface area contributed by atoms with E-state index in [1.165, 1.54) is 14.0 Å². The van der Waals surface area contributed by atoms with Crippen molar-refractivity contribution in [3.63, 3.8) is 0 Å². The Balaban J connectivity index is 2.39. The van der Waals surface area contributed by atoms with E-state index in [2.05, 4.69) is 9.72 Å². The Morgan fingerprint density at radius 2 is 2.10 bits per heavy atom. The van der Waals surface area contributed by atoms with Gasteiger partial charge in [-0.3, -0.25) is 0 Å². The molecule has 0 unspecified atom stereocenters. The van der Waals surface area contributed by atoms with Crippen molar-refractivity contribution in [1.82, 2.24) is 4.98 Å². The molecule has 0 aromatic carbocycles. The van der Waals surface area contributed by atoms with Gasteiger partial charge in [0.25, 0.3) is 0 Å². The molecule has 0 N–H and O–H groups in total. The van der Waals surface area contributed by atoms with Gasteiger partial charge in [0, 0.05) is 31.5 Å². The molecule has 0 bridgehead atoms. The average molecular weight is 302 g/mol. The fraction of sp³-hybridized carbons (Fsp3) is 0.571. The number of ether oxygens (including phenoxy) is 1. The molecule has 21 heavy (non-hydrogen) atoms. The Labute approximate surface area is 120 Å². The van der Waals surface area contributed by atoms with E-state index in [0.29, 0.717) is 6.54 Å². The van der Waals surface area contributed by atoms with Crippen LogP contribution in [0.4, 0.5) is 19.0 Å². The summed E-state index contributed by atoms with van der Waals surface area (Å²) in [5.74, 6) is -3.85. The molecule has 1 fully saturated rings. The Morgan fingerprint density at radius 1 is 1.38 bits per heavy atom. The normalized spacial score (nSPS) is 18.2. The third-order valence-corrected chi connectivity index (χ3v) is 3.66. The lowest BCUT2D eigenvalue weighted by Gasteiger charge is -2.24. The van der Waals surface area contributed by atoms with Gasteiger partial charge in [0.15, 0.2) is 0 Å². The second-order valence-corrected chi connectivity index (χ2v) is 5.12. The summed E-state index contributed by atoms with van der Waals surface area (Å²) in [6.45, 7) is 1.85. The highest BCUT2D eigenvalue weighted by atomic mass is 19.3. The fourth-order valence-electron chi connectivity index (χ4n) is 2.43. The number of esters is 1. The molecule has 0 atom stereocenters. The number of pyridine rings is 1. The van der Waals surface area contributed by atoms with Crippen LogP contribution in [0.25, 0.3) is 0 Å². The lowest BCUT2D eigenvalue weighted by molar-refractivity contribution is -0.0102. The van der Waals surface area contributed by atoms with E-state index < -0.39 is 17.7 Å². The molecule has 1 aliphatic heterocycles. The summed E-state index contributed by atoms with van der Waals surface area (Å²) in [6, 6.07) is 0. The molecule has 4 nitrogen and oxygen atoms in total. The Hall–Kier alpha value is -1.79. The molecule has 7 heteroatoms. The van der Waals surface area contributed by atoms with Gasteiger partial charge < -0.3 is 9.64 Å². The van der Waals surface area contributed by atoms with Crippen molar-refractivity contribution in [2.75, 3.05) is 25.1 Å². The van der Waals surface area contributed by atoms with Gasteiger partial charge in [0.05, 0.1) is 13.3 Å². The summed E-state index contributed by atoms with van der Waals surface area (Å²) >= 11 is 0. The quantitative estimate of drug-likeness (QED) is 0.788. The van der Waals surface area contributed by atoms with Gasteiger partial charge in [0.1, 0.15) is 17.2 Å². The molecule has 0 spiro atoms. The lowest BCUT2D eigenvalue weighted by Crippen LogP contribution is -2.29. The summed E-state index contributed by atoms with van der Waals surface area (Å²) in [5, 5.41) is 0. The zero-order chi connectivity index (χ0) is 15.6. The summed E-state index contributed by atoms with van der Waals surface area (Å²) in [4.78, 5) is 17.4. The zero-order valence-corrected chi connectivity index (χ0v) is 12.0. The Bertz CT molecular complexity index is 549. The minimum atomic E-state index is -2.71. The number of halogens is 3. The monoisotopic (exact) mass is 302 g/mol. The van der Waals surface area contributed by atoms with E-state index in [-0.39, 0.29) is 42.8 Å². The maximum absolute atomic E-state index is 13.6. The topological polar surface area (TPSA) is 42.4 Å². The maximum Gasteiger partial charge on any atom is 0.342 e. The number of alkyl halides is 2. The summed E-state index contributed by atoms with van der Waals surface area (Å²) in [6.07, 6.45) is 0.773. The summed E-state index contributed by atoms with van der Waals surface area (Å²) < 4.78 is 45.1. The Morgan fingerprint density at radius 3 is 2.76 bits per heavy atom. The molecule has 1 saturated heterocycles. The van der Waals surface area contributed by atoms with Crippen LogP contribution in [0, 0.1) is 12.7 Å². The third-order valence-electron chi connectivity index (χ3n) is 3.66. The maximum atomic E-state index is 13.6. The van der Waals surface area contributed by atoms with Crippen molar-refractivity contribution in [3.05, 3.63) is 23.1 Å². The number of methoxy groups -OCH3 is 1. The second kappa shape index (κ2) is 5.91. The van der Waals surface area contributed by atoms with Crippen LogP contribution in [0.1, 0.15) is 35.2 Å². The van der Waals surface area contributed by atoms with Gasteiger partial charge in [-0.2, -0.15) is 0 Å². The number of carbonyl (C=O) groups is 1. The van der Waals surface area contributed by atoms with Crippen molar-refractivity contribution in [2.24, 2.45) is 0 Å². The molecular formula is C14H17F3N2O2. The molecule has 0 amide bonds. The molecule has 2 heterocycles. The van der Waals surface area contributed by atoms with Crippen molar-refractivity contribution >= 4 is 11.8 Å². The fourth-order valence-corrected chi connectivity index (χ4v) is 2.43. The van der Waals surface area contributed by atoms with Gasteiger partial charge in [-0.05, 0) is 13.3 Å². The van der Waals surface area contributed by atoms with Gasteiger partial charge in [-0.15, -0.1) is 0 Å². The van der Waals surface area contributed by atoms with Crippen LogP contribution in [-0.2, 0) is 4.74 Å². The average Bonchev–Trinajstić information content (AvgIpc) is 2.62. The summed E-state index contributed by atoms with van der Waals surface area (Å²) in [7, 11) is 1.19. The van der Waals surface area contributed by atoms with Crippen LogP contribution in [0.15, 0.2) is 6.20 Å². The first-order chi connectivity index (χ1) is 9.85. The molecule has 0 saturated carbocycles. The molecular weight excluding hydrogens is 285 g/mol. The second-order valence-electron chi connectivity index (χ2n) is 5.12. The first-order valence-corrected chi connectivity index (χ1v) is 6.72. The molecule has 1 aromatic rings. The molecule has 0 radical (unpaired) electrons. The van der Waals surface area contributed by atoms with Crippen molar-refractivity contribution in [3.8, 4) is 0 Å². The largest absolute Gasteiger partial charge is 0.465 e. The van der Waals surface area contributed by atoms with Crippen molar-refractivity contribution in [2.45, 2.75) is 32.1 Å². The molecule has 2 rings (SSSR count). The number of anilines is 1. The van der Waals surface area contributed by atoms with Crippen molar-refractivity contribution < 1.29 is 22.7 Å². The Kier molecular flexibility index (Phi) is 4.39. The predicted molar refractivity (Wildman–Crippen MR) is 71.3 cm³/mol. The number of nitrogens with zero attached hydrogens (tertiary/aromatic N) is 2. The third kappa shape index (κ3) is 3.28. The van der Waals surface area contributed by atoms with Crippen molar-refractivity contribution in [1.29, 1.82) is 0 Å². The van der Waals surface area contributed by atoms with Crippen LogP contribution >= 0.6 is 0 Å². The van der Waals surface area contributed by atoms with E-state index in [4.69, 9.17) is 0 Å². The van der Waals surface area contributed by atoms with Crippen LogP contribution in [-0.4, -0.2) is 37.1 Å². The predicted octanol–water partition coefficient (Wildman–Crippen LogP) is 2.94. The lowest BCUT2D eigenvalue weighted by atomic mass is 10.1. The molecule has 0 aliphatic carbocycles.